The molecule has 0 aliphatic heterocycles. The highest BCUT2D eigenvalue weighted by Crippen LogP contribution is 1.96. The second-order valence-electron chi connectivity index (χ2n) is 3.86. The third-order valence-electron chi connectivity index (χ3n) is 2.16. The van der Waals surface area contributed by atoms with Gasteiger partial charge in [-0.1, -0.05) is 20.3 Å². The van der Waals surface area contributed by atoms with Crippen molar-refractivity contribution in [3.63, 3.8) is 0 Å². The highest BCUT2D eigenvalue weighted by molar-refractivity contribution is 5.86. The molecule has 0 heterocycles. The number of carboxylic acid groups (broad SMARTS) is 1. The first kappa shape index (κ1) is 16.2. The fourth-order valence-corrected chi connectivity index (χ4v) is 1.24. The minimum absolute atomic E-state index is 0.162. The molecule has 0 rings (SSSR count). The predicted molar refractivity (Wildman–Crippen MR) is 66.2 cm³/mol. The first-order valence-electron chi connectivity index (χ1n) is 6.05. The maximum Gasteiger partial charge on any atom is 0.326 e. The first-order valence-corrected chi connectivity index (χ1v) is 6.05. The highest BCUT2D eigenvalue weighted by Gasteiger charge is 2.18. The Morgan fingerprint density at radius 1 is 1.11 bits per heavy atom. The number of amides is 3. The monoisotopic (exact) mass is 259 g/mol. The first-order chi connectivity index (χ1) is 8.51. The summed E-state index contributed by atoms with van der Waals surface area (Å²) in [6.45, 7) is 4.14. The lowest BCUT2D eigenvalue weighted by atomic mass is 10.2. The lowest BCUT2D eigenvalue weighted by Gasteiger charge is -2.14. The summed E-state index contributed by atoms with van der Waals surface area (Å²) >= 11 is 0. The maximum absolute atomic E-state index is 11.3. The van der Waals surface area contributed by atoms with Gasteiger partial charge in [0.25, 0.3) is 0 Å². The van der Waals surface area contributed by atoms with Crippen LogP contribution in [0.25, 0.3) is 0 Å². The largest absolute Gasteiger partial charge is 0.480 e. The third-order valence-corrected chi connectivity index (χ3v) is 2.16. The summed E-state index contributed by atoms with van der Waals surface area (Å²) in [5, 5.41) is 16.0. The Hall–Kier alpha value is -1.79. The highest BCUT2D eigenvalue weighted by atomic mass is 16.4. The average Bonchev–Trinajstić information content (AvgIpc) is 2.33. The molecule has 7 heteroatoms. The van der Waals surface area contributed by atoms with Crippen molar-refractivity contribution in [2.75, 3.05) is 13.1 Å². The fourth-order valence-electron chi connectivity index (χ4n) is 1.24. The predicted octanol–water partition coefficient (Wildman–Crippen LogP) is 0.0651. The van der Waals surface area contributed by atoms with E-state index in [1.165, 1.54) is 0 Å². The van der Waals surface area contributed by atoms with Gasteiger partial charge in [0.15, 0.2) is 0 Å². The van der Waals surface area contributed by atoms with E-state index in [4.69, 9.17) is 5.11 Å². The quantitative estimate of drug-likeness (QED) is 0.494. The van der Waals surface area contributed by atoms with Gasteiger partial charge in [-0.25, -0.2) is 9.59 Å². The van der Waals surface area contributed by atoms with Crippen LogP contribution in [0, 0.1) is 0 Å². The van der Waals surface area contributed by atoms with Crippen molar-refractivity contribution in [1.29, 1.82) is 0 Å². The summed E-state index contributed by atoms with van der Waals surface area (Å²) in [5.41, 5.74) is 0. The topological polar surface area (TPSA) is 108 Å². The Kier molecular flexibility index (Phi) is 8.34. The molecule has 104 valence electrons. The molecule has 0 bridgehead atoms. The SMILES string of the molecule is CCCNC(=O)CNC(=O)NC(CCC)C(=O)O. The van der Waals surface area contributed by atoms with E-state index in [1.807, 2.05) is 13.8 Å². The summed E-state index contributed by atoms with van der Waals surface area (Å²) < 4.78 is 0. The number of nitrogens with one attached hydrogen (secondary N) is 3. The van der Waals surface area contributed by atoms with E-state index in [1.54, 1.807) is 0 Å². The number of urea groups is 1. The molecule has 7 nitrogen and oxygen atoms in total. The van der Waals surface area contributed by atoms with Crippen LogP contribution in [0.5, 0.6) is 0 Å². The molecule has 0 radical (unpaired) electrons. The van der Waals surface area contributed by atoms with Gasteiger partial charge in [-0.15, -0.1) is 0 Å². The van der Waals surface area contributed by atoms with Gasteiger partial charge in [-0.3, -0.25) is 4.79 Å². The van der Waals surface area contributed by atoms with E-state index in [2.05, 4.69) is 16.0 Å². The summed E-state index contributed by atoms with van der Waals surface area (Å²) in [6.07, 6.45) is 1.81. The minimum Gasteiger partial charge on any atom is -0.480 e. The lowest BCUT2D eigenvalue weighted by molar-refractivity contribution is -0.139. The standard InChI is InChI=1S/C11H21N3O4/c1-3-5-8(10(16)17)14-11(18)13-7-9(15)12-6-4-2/h8H,3-7H2,1-2H3,(H,12,15)(H,16,17)(H2,13,14,18). The fraction of sp³-hybridized carbons (Fsp3) is 0.727. The smallest absolute Gasteiger partial charge is 0.326 e. The molecule has 0 saturated carbocycles. The van der Waals surface area contributed by atoms with Gasteiger partial charge in [0, 0.05) is 6.54 Å². The van der Waals surface area contributed by atoms with Crippen molar-refractivity contribution in [3.05, 3.63) is 0 Å². The zero-order valence-corrected chi connectivity index (χ0v) is 10.8. The van der Waals surface area contributed by atoms with Crippen molar-refractivity contribution >= 4 is 17.9 Å². The molecule has 0 spiro atoms. The van der Waals surface area contributed by atoms with Crippen LogP contribution < -0.4 is 16.0 Å². The Balaban J connectivity index is 3.94. The molecule has 4 N–H and O–H groups in total. The van der Waals surface area contributed by atoms with E-state index >= 15 is 0 Å². The summed E-state index contributed by atoms with van der Waals surface area (Å²) in [6, 6.07) is -1.57. The Labute approximate surface area is 106 Å². The summed E-state index contributed by atoms with van der Waals surface area (Å²) in [5.74, 6) is -1.38. The molecule has 1 unspecified atom stereocenters. The van der Waals surface area contributed by atoms with Gasteiger partial charge >= 0.3 is 12.0 Å². The number of carbonyl (C=O) groups is 3. The van der Waals surface area contributed by atoms with Crippen molar-refractivity contribution in [2.45, 2.75) is 39.2 Å². The van der Waals surface area contributed by atoms with Gasteiger partial charge in [0.1, 0.15) is 6.04 Å². The summed E-state index contributed by atoms with van der Waals surface area (Å²) in [4.78, 5) is 33.3. The van der Waals surface area contributed by atoms with E-state index in [0.29, 0.717) is 19.4 Å². The van der Waals surface area contributed by atoms with Crippen molar-refractivity contribution in [2.24, 2.45) is 0 Å². The molecule has 0 aliphatic rings. The number of carbonyl (C=O) groups excluding carboxylic acids is 2. The van der Waals surface area contributed by atoms with Crippen LogP contribution in [-0.4, -0.2) is 42.1 Å². The van der Waals surface area contributed by atoms with E-state index in [9.17, 15) is 14.4 Å². The van der Waals surface area contributed by atoms with Crippen LogP contribution in [0.3, 0.4) is 0 Å². The molecule has 0 aromatic carbocycles. The van der Waals surface area contributed by atoms with Gasteiger partial charge < -0.3 is 21.1 Å². The molecule has 0 aliphatic carbocycles. The van der Waals surface area contributed by atoms with Gasteiger partial charge in [0.05, 0.1) is 6.54 Å². The zero-order chi connectivity index (χ0) is 14.0. The molecule has 1 atom stereocenters. The molecule has 3 amide bonds. The summed E-state index contributed by atoms with van der Waals surface area (Å²) in [7, 11) is 0. The normalized spacial score (nSPS) is 11.4. The van der Waals surface area contributed by atoms with Crippen LogP contribution >= 0.6 is 0 Å². The Morgan fingerprint density at radius 3 is 2.28 bits per heavy atom. The molecule has 18 heavy (non-hydrogen) atoms. The Bertz CT molecular complexity index is 294. The molecular formula is C11H21N3O4. The minimum atomic E-state index is -1.08. The zero-order valence-electron chi connectivity index (χ0n) is 10.8. The molecule has 0 aromatic heterocycles. The molecule has 0 aromatic rings. The molecule has 0 fully saturated rings. The second kappa shape index (κ2) is 9.26. The van der Waals surface area contributed by atoms with Crippen LogP contribution in [0.15, 0.2) is 0 Å². The number of aliphatic carboxylic acids is 1. The average molecular weight is 259 g/mol. The van der Waals surface area contributed by atoms with Gasteiger partial charge in [-0.05, 0) is 12.8 Å². The van der Waals surface area contributed by atoms with Crippen molar-refractivity contribution in [3.8, 4) is 0 Å². The van der Waals surface area contributed by atoms with E-state index in [-0.39, 0.29) is 12.5 Å². The maximum atomic E-state index is 11.3. The molecular weight excluding hydrogens is 238 g/mol. The number of hydrogen-bond donors (Lipinski definition) is 4. The van der Waals surface area contributed by atoms with Gasteiger partial charge in [0.2, 0.25) is 5.91 Å². The van der Waals surface area contributed by atoms with Crippen LogP contribution in [0.4, 0.5) is 4.79 Å². The van der Waals surface area contributed by atoms with Crippen LogP contribution in [0.1, 0.15) is 33.1 Å². The van der Waals surface area contributed by atoms with Crippen LogP contribution in [-0.2, 0) is 9.59 Å². The number of hydrogen-bond acceptors (Lipinski definition) is 3. The van der Waals surface area contributed by atoms with Crippen molar-refractivity contribution < 1.29 is 19.5 Å². The number of carboxylic acids is 1. The van der Waals surface area contributed by atoms with E-state index in [0.717, 1.165) is 6.42 Å². The van der Waals surface area contributed by atoms with E-state index < -0.39 is 18.0 Å². The van der Waals surface area contributed by atoms with Gasteiger partial charge in [-0.2, -0.15) is 0 Å². The number of rotatable bonds is 8. The second-order valence-corrected chi connectivity index (χ2v) is 3.86. The molecule has 0 saturated heterocycles. The van der Waals surface area contributed by atoms with Crippen molar-refractivity contribution in [1.82, 2.24) is 16.0 Å². The Morgan fingerprint density at radius 2 is 1.78 bits per heavy atom. The lowest BCUT2D eigenvalue weighted by Crippen LogP contribution is -2.48. The van der Waals surface area contributed by atoms with Crippen LogP contribution in [0.2, 0.25) is 0 Å². The third kappa shape index (κ3) is 7.48.